The Morgan fingerprint density at radius 2 is 2.00 bits per heavy atom. The van der Waals surface area contributed by atoms with Gasteiger partial charge in [0.1, 0.15) is 6.61 Å². The van der Waals surface area contributed by atoms with Crippen LogP contribution in [0.2, 0.25) is 0 Å². The van der Waals surface area contributed by atoms with Crippen molar-refractivity contribution >= 4 is 5.97 Å². The molecule has 1 aliphatic heterocycles. The third-order valence-corrected chi connectivity index (χ3v) is 2.77. The molecule has 0 spiro atoms. The number of aryl methyl sites for hydroxylation is 2. The lowest BCUT2D eigenvalue weighted by molar-refractivity contribution is -0.153. The van der Waals surface area contributed by atoms with Gasteiger partial charge in [-0.2, -0.15) is 0 Å². The van der Waals surface area contributed by atoms with Crippen LogP contribution in [0.1, 0.15) is 18.1 Å². The maximum Gasteiger partial charge on any atom is 0.350 e. The van der Waals surface area contributed by atoms with Crippen LogP contribution in [0.15, 0.2) is 12.1 Å². The first-order valence-corrected chi connectivity index (χ1v) is 5.69. The van der Waals surface area contributed by atoms with E-state index in [1.807, 2.05) is 26.0 Å². The molecular weight excluding hydrogens is 220 g/mol. The molecule has 0 aromatic heterocycles. The monoisotopic (exact) mass is 236 g/mol. The average Bonchev–Trinajstić information content (AvgIpc) is 2.30. The minimum atomic E-state index is -0.662. The summed E-state index contributed by atoms with van der Waals surface area (Å²) in [6.45, 7) is 6.32. The Kier molecular flexibility index (Phi) is 3.22. The van der Waals surface area contributed by atoms with E-state index in [-0.39, 0.29) is 12.6 Å². The van der Waals surface area contributed by atoms with Crippen LogP contribution in [0.25, 0.3) is 0 Å². The van der Waals surface area contributed by atoms with E-state index in [1.54, 1.807) is 6.92 Å². The summed E-state index contributed by atoms with van der Waals surface area (Å²) >= 11 is 0. The highest BCUT2D eigenvalue weighted by molar-refractivity contribution is 5.76. The number of ether oxygens (including phenoxy) is 3. The predicted molar refractivity (Wildman–Crippen MR) is 62.5 cm³/mol. The summed E-state index contributed by atoms with van der Waals surface area (Å²) in [4.78, 5) is 11.5. The molecule has 0 fully saturated rings. The van der Waals surface area contributed by atoms with Gasteiger partial charge in [-0.05, 0) is 44.0 Å². The quantitative estimate of drug-likeness (QED) is 0.737. The Morgan fingerprint density at radius 3 is 2.65 bits per heavy atom. The van der Waals surface area contributed by atoms with E-state index < -0.39 is 6.10 Å². The first kappa shape index (κ1) is 11.8. The lowest BCUT2D eigenvalue weighted by atomic mass is 10.1. The largest absolute Gasteiger partial charge is 0.485 e. The topological polar surface area (TPSA) is 44.8 Å². The van der Waals surface area contributed by atoms with Crippen LogP contribution < -0.4 is 9.47 Å². The zero-order chi connectivity index (χ0) is 12.4. The zero-order valence-corrected chi connectivity index (χ0v) is 10.3. The lowest BCUT2D eigenvalue weighted by Gasteiger charge is -2.25. The second kappa shape index (κ2) is 4.65. The van der Waals surface area contributed by atoms with E-state index in [1.165, 1.54) is 0 Å². The summed E-state index contributed by atoms with van der Waals surface area (Å²) in [5, 5.41) is 0. The molecule has 0 radical (unpaired) electrons. The van der Waals surface area contributed by atoms with Crippen molar-refractivity contribution in [2.75, 3.05) is 13.2 Å². The van der Waals surface area contributed by atoms with Crippen molar-refractivity contribution in [1.82, 2.24) is 0 Å². The molecule has 1 atom stereocenters. The average molecular weight is 236 g/mol. The highest BCUT2D eigenvalue weighted by atomic mass is 16.6. The molecule has 92 valence electrons. The Hall–Kier alpha value is -1.71. The molecule has 0 bridgehead atoms. The van der Waals surface area contributed by atoms with Crippen LogP contribution in [0.5, 0.6) is 11.5 Å². The van der Waals surface area contributed by atoms with Gasteiger partial charge in [0.25, 0.3) is 0 Å². The van der Waals surface area contributed by atoms with Gasteiger partial charge in [0, 0.05) is 0 Å². The molecule has 0 unspecified atom stereocenters. The van der Waals surface area contributed by atoms with Crippen molar-refractivity contribution in [2.24, 2.45) is 0 Å². The molecule has 0 saturated heterocycles. The summed E-state index contributed by atoms with van der Waals surface area (Å²) in [5.41, 5.74) is 2.25. The van der Waals surface area contributed by atoms with Gasteiger partial charge >= 0.3 is 5.97 Å². The molecule has 4 nitrogen and oxygen atoms in total. The Labute approximate surface area is 100 Å². The number of esters is 1. The van der Waals surface area contributed by atoms with Crippen molar-refractivity contribution < 1.29 is 19.0 Å². The molecule has 2 rings (SSSR count). The van der Waals surface area contributed by atoms with Gasteiger partial charge in [-0.25, -0.2) is 4.79 Å². The van der Waals surface area contributed by atoms with E-state index in [2.05, 4.69) is 0 Å². The van der Waals surface area contributed by atoms with Gasteiger partial charge in [-0.15, -0.1) is 0 Å². The first-order valence-electron chi connectivity index (χ1n) is 5.69. The van der Waals surface area contributed by atoms with Crippen molar-refractivity contribution in [2.45, 2.75) is 26.9 Å². The lowest BCUT2D eigenvalue weighted by Crippen LogP contribution is -2.37. The molecule has 4 heteroatoms. The van der Waals surface area contributed by atoms with E-state index >= 15 is 0 Å². The standard InChI is InChI=1S/C13H16O4/c1-4-15-13(14)12-7-16-10-5-8(2)9(3)6-11(10)17-12/h5-6,12H,4,7H2,1-3H3/t12-/m0/s1. The van der Waals surface area contributed by atoms with Gasteiger partial charge in [0.05, 0.1) is 6.61 Å². The third-order valence-electron chi connectivity index (χ3n) is 2.77. The van der Waals surface area contributed by atoms with Crippen LogP contribution in [0.3, 0.4) is 0 Å². The van der Waals surface area contributed by atoms with Gasteiger partial charge < -0.3 is 14.2 Å². The fraction of sp³-hybridized carbons (Fsp3) is 0.462. The van der Waals surface area contributed by atoms with Gasteiger partial charge in [0.15, 0.2) is 11.5 Å². The molecule has 17 heavy (non-hydrogen) atoms. The van der Waals surface area contributed by atoms with Crippen molar-refractivity contribution in [3.05, 3.63) is 23.3 Å². The number of benzene rings is 1. The third kappa shape index (κ3) is 2.35. The number of rotatable bonds is 2. The van der Waals surface area contributed by atoms with Crippen LogP contribution in [-0.2, 0) is 9.53 Å². The summed E-state index contributed by atoms with van der Waals surface area (Å²) in [6.07, 6.45) is -0.662. The second-order valence-corrected chi connectivity index (χ2v) is 4.05. The molecule has 1 aromatic rings. The summed E-state index contributed by atoms with van der Waals surface area (Å²) < 4.78 is 16.0. The normalized spacial score (nSPS) is 17.7. The highest BCUT2D eigenvalue weighted by Gasteiger charge is 2.28. The number of hydrogen-bond donors (Lipinski definition) is 0. The fourth-order valence-electron chi connectivity index (χ4n) is 1.67. The maximum absolute atomic E-state index is 11.5. The molecule has 0 aliphatic carbocycles. The summed E-state index contributed by atoms with van der Waals surface area (Å²) in [7, 11) is 0. The summed E-state index contributed by atoms with van der Waals surface area (Å²) in [5.74, 6) is 0.919. The minimum absolute atomic E-state index is 0.203. The van der Waals surface area contributed by atoms with Crippen LogP contribution in [0.4, 0.5) is 0 Å². The van der Waals surface area contributed by atoms with Gasteiger partial charge in [-0.1, -0.05) is 0 Å². The maximum atomic E-state index is 11.5. The van der Waals surface area contributed by atoms with Crippen molar-refractivity contribution in [3.63, 3.8) is 0 Å². The van der Waals surface area contributed by atoms with E-state index in [0.29, 0.717) is 18.1 Å². The molecular formula is C13H16O4. The molecule has 0 amide bonds. The van der Waals surface area contributed by atoms with E-state index in [4.69, 9.17) is 14.2 Å². The Balaban J connectivity index is 2.18. The van der Waals surface area contributed by atoms with Gasteiger partial charge in [0.2, 0.25) is 6.10 Å². The molecule has 1 aliphatic rings. The highest BCUT2D eigenvalue weighted by Crippen LogP contribution is 2.34. The molecule has 1 heterocycles. The number of hydrogen-bond acceptors (Lipinski definition) is 4. The zero-order valence-electron chi connectivity index (χ0n) is 10.3. The van der Waals surface area contributed by atoms with Crippen molar-refractivity contribution in [3.8, 4) is 11.5 Å². The SMILES string of the molecule is CCOC(=O)[C@@H]1COc2cc(C)c(C)cc2O1. The molecule has 0 saturated carbocycles. The Morgan fingerprint density at radius 1 is 1.35 bits per heavy atom. The molecule has 1 aromatic carbocycles. The van der Waals surface area contributed by atoms with E-state index in [0.717, 1.165) is 11.1 Å². The number of carbonyl (C=O) groups is 1. The Bertz CT molecular complexity index is 439. The number of carbonyl (C=O) groups excluding carboxylic acids is 1. The predicted octanol–water partition coefficient (Wildman–Crippen LogP) is 2.01. The second-order valence-electron chi connectivity index (χ2n) is 4.05. The van der Waals surface area contributed by atoms with Crippen LogP contribution in [0, 0.1) is 13.8 Å². The van der Waals surface area contributed by atoms with E-state index in [9.17, 15) is 4.79 Å². The fourth-order valence-corrected chi connectivity index (χ4v) is 1.67. The van der Waals surface area contributed by atoms with Crippen LogP contribution >= 0.6 is 0 Å². The first-order chi connectivity index (χ1) is 8.11. The van der Waals surface area contributed by atoms with Crippen LogP contribution in [-0.4, -0.2) is 25.3 Å². The summed E-state index contributed by atoms with van der Waals surface area (Å²) in [6, 6.07) is 3.81. The minimum Gasteiger partial charge on any atom is -0.485 e. The van der Waals surface area contributed by atoms with Crippen molar-refractivity contribution in [1.29, 1.82) is 0 Å². The molecule has 0 N–H and O–H groups in total. The smallest absolute Gasteiger partial charge is 0.350 e. The number of fused-ring (bicyclic) bond motifs is 1. The van der Waals surface area contributed by atoms with Gasteiger partial charge in [-0.3, -0.25) is 0 Å².